The zero-order valence-corrected chi connectivity index (χ0v) is 11.5. The summed E-state index contributed by atoms with van der Waals surface area (Å²) in [6.45, 7) is 0. The zero-order valence-electron chi connectivity index (χ0n) is 9.02. The van der Waals surface area contributed by atoms with E-state index in [1.807, 2.05) is 60.7 Å². The second-order valence-electron chi connectivity index (χ2n) is 3.72. The van der Waals surface area contributed by atoms with Crippen molar-refractivity contribution in [3.63, 3.8) is 0 Å². The highest BCUT2D eigenvalue weighted by Gasteiger charge is 2.20. The molecule has 17 heavy (non-hydrogen) atoms. The van der Waals surface area contributed by atoms with Gasteiger partial charge >= 0.3 is 0 Å². The molecule has 1 N–H and O–H groups in total. The van der Waals surface area contributed by atoms with Gasteiger partial charge in [-0.3, -0.25) is 0 Å². The predicted molar refractivity (Wildman–Crippen MR) is 79.5 cm³/mol. The van der Waals surface area contributed by atoms with Gasteiger partial charge in [-0.2, -0.15) is 0 Å². The average molecular weight is 280 g/mol. The molecule has 2 aromatic rings. The normalized spacial score (nSPS) is 11.6. The molecule has 0 heterocycles. The van der Waals surface area contributed by atoms with E-state index in [0.29, 0.717) is 0 Å². The minimum Gasteiger partial charge on any atom is -0.324 e. The minimum absolute atomic E-state index is 0.283. The van der Waals surface area contributed by atoms with Crippen LogP contribution in [0.25, 0.3) is 0 Å². The molecule has 0 aliphatic heterocycles. The maximum atomic E-state index is 10.1. The van der Waals surface area contributed by atoms with Crippen molar-refractivity contribution in [3.8, 4) is 0 Å². The van der Waals surface area contributed by atoms with Gasteiger partial charge in [0.25, 0.3) is 0 Å². The van der Waals surface area contributed by atoms with Crippen LogP contribution in [0.15, 0.2) is 60.7 Å². The molecule has 2 aromatic carbocycles. The Morgan fingerprint density at radius 2 is 1.12 bits per heavy atom. The summed E-state index contributed by atoms with van der Waals surface area (Å²) in [6.07, 6.45) is 0. The fourth-order valence-electron chi connectivity index (χ4n) is 1.79. The summed E-state index contributed by atoms with van der Waals surface area (Å²) in [5.41, 5.74) is 1.95. The van der Waals surface area contributed by atoms with Crippen molar-refractivity contribution in [2.45, 2.75) is 5.25 Å². The van der Waals surface area contributed by atoms with Crippen LogP contribution < -0.4 is 0 Å². The topological polar surface area (TPSA) is 20.2 Å². The molecule has 0 aliphatic rings. The Hall–Kier alpha value is -0.810. The van der Waals surface area contributed by atoms with Gasteiger partial charge in [0.15, 0.2) is 0 Å². The fraction of sp³-hybridized carbons (Fsp3) is 0.0769. The molecule has 0 saturated carbocycles. The van der Waals surface area contributed by atoms with E-state index in [9.17, 15) is 4.55 Å². The van der Waals surface area contributed by atoms with Crippen LogP contribution in [0, 0.1) is 0 Å². The van der Waals surface area contributed by atoms with Crippen LogP contribution in [0.4, 0.5) is 0 Å². The molecule has 0 spiro atoms. The lowest BCUT2D eigenvalue weighted by Crippen LogP contribution is -2.11. The molecule has 4 heteroatoms. The van der Waals surface area contributed by atoms with Gasteiger partial charge in [-0.25, -0.2) is 0 Å². The van der Waals surface area contributed by atoms with E-state index >= 15 is 0 Å². The molecule has 0 aromatic heterocycles. The number of benzene rings is 2. The van der Waals surface area contributed by atoms with Crippen LogP contribution in [0.5, 0.6) is 0 Å². The van der Waals surface area contributed by atoms with Gasteiger partial charge in [0, 0.05) is 7.43 Å². The molecular weight excluding hydrogens is 268 g/mol. The van der Waals surface area contributed by atoms with E-state index < -0.39 is 7.43 Å². The number of rotatable bonds is 3. The lowest BCUT2D eigenvalue weighted by atomic mass is 10.0. The van der Waals surface area contributed by atoms with Crippen LogP contribution in [0.2, 0.25) is 0 Å². The van der Waals surface area contributed by atoms with E-state index in [1.165, 1.54) is 0 Å². The van der Waals surface area contributed by atoms with E-state index in [0.717, 1.165) is 11.1 Å². The highest BCUT2D eigenvalue weighted by atomic mass is 33.1. The van der Waals surface area contributed by atoms with Crippen LogP contribution in [0.1, 0.15) is 16.4 Å². The molecule has 0 saturated heterocycles. The van der Waals surface area contributed by atoms with Crippen molar-refractivity contribution in [1.29, 1.82) is 0 Å². The van der Waals surface area contributed by atoms with Crippen molar-refractivity contribution < 1.29 is 4.55 Å². The van der Waals surface area contributed by atoms with Crippen molar-refractivity contribution in [2.24, 2.45) is 0 Å². The molecule has 0 radical (unpaired) electrons. The minimum atomic E-state index is -2.50. The number of hydrogen-bond acceptors (Lipinski definition) is 2. The summed E-state index contributed by atoms with van der Waals surface area (Å²) in [6, 6.07) is 19.4. The second kappa shape index (κ2) is 5.23. The largest absolute Gasteiger partial charge is 0.324 e. The van der Waals surface area contributed by atoms with Gasteiger partial charge in [-0.15, -0.1) is 0 Å². The van der Waals surface area contributed by atoms with Crippen LogP contribution >= 0.6 is 0 Å². The lowest BCUT2D eigenvalue weighted by molar-refractivity contribution is 0.647. The smallest absolute Gasteiger partial charge is 0.0859 e. The summed E-state index contributed by atoms with van der Waals surface area (Å²) in [4.78, 5) is 0. The van der Waals surface area contributed by atoms with Gasteiger partial charge in [0.05, 0.1) is 5.25 Å². The molecule has 2 rings (SSSR count). The van der Waals surface area contributed by atoms with Crippen LogP contribution in [0.3, 0.4) is 0 Å². The first-order valence-electron chi connectivity index (χ1n) is 5.15. The van der Waals surface area contributed by atoms with Crippen molar-refractivity contribution in [2.75, 3.05) is 0 Å². The second-order valence-corrected chi connectivity index (χ2v) is 8.90. The summed E-state index contributed by atoms with van der Waals surface area (Å²) in [7, 11) is -2.50. The van der Waals surface area contributed by atoms with E-state index in [4.69, 9.17) is 22.4 Å². The summed E-state index contributed by atoms with van der Waals surface area (Å²) < 4.78 is 10.1. The van der Waals surface area contributed by atoms with E-state index in [2.05, 4.69) is 0 Å². The van der Waals surface area contributed by atoms with E-state index in [-0.39, 0.29) is 5.25 Å². The predicted octanol–water partition coefficient (Wildman–Crippen LogP) is 3.33. The van der Waals surface area contributed by atoms with Gasteiger partial charge in [0.2, 0.25) is 0 Å². The third kappa shape index (κ3) is 3.10. The van der Waals surface area contributed by atoms with Gasteiger partial charge in [0.1, 0.15) is 0 Å². The Balaban J connectivity index is 2.56. The van der Waals surface area contributed by atoms with Gasteiger partial charge < -0.3 is 4.55 Å². The standard InChI is InChI=1S/C13H12OS3/c14-17(15,16)13(11-7-3-1-4-8-11)12-9-5-2-6-10-12/h1-10,13H,(H,14,15,16). The zero-order chi connectivity index (χ0) is 12.3. The molecule has 0 bridgehead atoms. The first kappa shape index (κ1) is 12.6. The maximum absolute atomic E-state index is 10.1. The quantitative estimate of drug-likeness (QED) is 0.931. The SMILES string of the molecule is OS(=S)(=S)C(c1ccccc1)c1ccccc1. The van der Waals surface area contributed by atoms with E-state index in [1.54, 1.807) is 0 Å². The maximum Gasteiger partial charge on any atom is 0.0859 e. The molecule has 0 amide bonds. The third-order valence-corrected chi connectivity index (χ3v) is 4.80. The molecule has 0 atom stereocenters. The fourth-order valence-corrected chi connectivity index (χ4v) is 4.13. The van der Waals surface area contributed by atoms with Crippen molar-refractivity contribution in [1.82, 2.24) is 0 Å². The molecule has 1 nitrogen and oxygen atoms in total. The third-order valence-electron chi connectivity index (χ3n) is 2.50. The average Bonchev–Trinajstić information content (AvgIpc) is 2.30. The molecule has 0 unspecified atom stereocenters. The Morgan fingerprint density at radius 1 is 0.765 bits per heavy atom. The highest BCUT2D eigenvalue weighted by Crippen LogP contribution is 2.29. The molecular formula is C13H12OS3. The first-order chi connectivity index (χ1) is 8.09. The van der Waals surface area contributed by atoms with Crippen LogP contribution in [-0.2, 0) is 29.8 Å². The number of hydrogen-bond donors (Lipinski definition) is 1. The molecule has 88 valence electrons. The summed E-state index contributed by atoms with van der Waals surface area (Å²) in [5.74, 6) is 0. The Kier molecular flexibility index (Phi) is 3.89. The molecule has 0 fully saturated rings. The Morgan fingerprint density at radius 3 is 1.41 bits per heavy atom. The molecule has 0 aliphatic carbocycles. The highest BCUT2D eigenvalue weighted by molar-refractivity contribution is 8.53. The monoisotopic (exact) mass is 280 g/mol. The van der Waals surface area contributed by atoms with Crippen LogP contribution in [-0.4, -0.2) is 4.55 Å². The first-order valence-corrected chi connectivity index (χ1v) is 8.65. The summed E-state index contributed by atoms with van der Waals surface area (Å²) in [5, 5.41) is -0.283. The van der Waals surface area contributed by atoms with Crippen molar-refractivity contribution in [3.05, 3.63) is 71.8 Å². The van der Waals surface area contributed by atoms with Gasteiger partial charge in [-0.1, -0.05) is 60.7 Å². The van der Waals surface area contributed by atoms with Gasteiger partial charge in [-0.05, 0) is 33.5 Å². The lowest BCUT2D eigenvalue weighted by Gasteiger charge is -2.19. The summed E-state index contributed by atoms with van der Waals surface area (Å²) >= 11 is 10.2. The Bertz CT molecular complexity index is 537. The Labute approximate surface area is 111 Å². The van der Waals surface area contributed by atoms with Crippen molar-refractivity contribution >= 4 is 29.8 Å².